The van der Waals surface area contributed by atoms with Gasteiger partial charge in [-0.3, -0.25) is 0 Å². The van der Waals surface area contributed by atoms with Gasteiger partial charge in [0.2, 0.25) is 17.6 Å². The Morgan fingerprint density at radius 2 is 1.31 bits per heavy atom. The van der Waals surface area contributed by atoms with Crippen molar-refractivity contribution in [3.63, 3.8) is 0 Å². The van der Waals surface area contributed by atoms with Crippen LogP contribution in [0.1, 0.15) is 81.8 Å². The molecule has 6 heteroatoms. The number of hydrogen-bond acceptors (Lipinski definition) is 2. The van der Waals surface area contributed by atoms with Gasteiger partial charge in [-0.2, -0.15) is 8.78 Å². The zero-order valence-corrected chi connectivity index (χ0v) is 20.7. The summed E-state index contributed by atoms with van der Waals surface area (Å²) >= 11 is 0. The maximum atomic E-state index is 14.1. The van der Waals surface area contributed by atoms with E-state index in [2.05, 4.69) is 12.1 Å². The normalized spacial score (nSPS) is 25.3. The quantitative estimate of drug-likeness (QED) is 0.343. The molecule has 192 valence electrons. The summed E-state index contributed by atoms with van der Waals surface area (Å²) in [5, 5.41) is 0. The van der Waals surface area contributed by atoms with Gasteiger partial charge in [-0.25, -0.2) is 8.78 Å². The fourth-order valence-electron chi connectivity index (χ4n) is 6.12. The first kappa shape index (κ1) is 25.8. The van der Waals surface area contributed by atoms with Crippen LogP contribution in [0.15, 0.2) is 36.4 Å². The zero-order valence-electron chi connectivity index (χ0n) is 20.7. The van der Waals surface area contributed by atoms with Crippen molar-refractivity contribution in [1.82, 2.24) is 0 Å². The summed E-state index contributed by atoms with van der Waals surface area (Å²) < 4.78 is 64.9. The van der Waals surface area contributed by atoms with Crippen LogP contribution in [0.3, 0.4) is 0 Å². The molecule has 2 saturated carbocycles. The van der Waals surface area contributed by atoms with Crippen LogP contribution in [0.5, 0.6) is 11.5 Å². The molecular formula is C29H36F4O2. The van der Waals surface area contributed by atoms with Gasteiger partial charge in [-0.1, -0.05) is 24.3 Å². The molecule has 0 radical (unpaired) electrons. The van der Waals surface area contributed by atoms with E-state index in [9.17, 15) is 17.6 Å². The van der Waals surface area contributed by atoms with Gasteiger partial charge in [0.25, 0.3) is 0 Å². The predicted molar refractivity (Wildman–Crippen MR) is 129 cm³/mol. The molecule has 0 heterocycles. The molecule has 2 aromatic rings. The van der Waals surface area contributed by atoms with E-state index in [1.54, 1.807) is 0 Å². The fraction of sp³-hybridized carbons (Fsp3) is 0.586. The topological polar surface area (TPSA) is 18.5 Å². The molecule has 2 aromatic carbocycles. The molecular weight excluding hydrogens is 456 g/mol. The highest BCUT2D eigenvalue weighted by molar-refractivity contribution is 5.35. The van der Waals surface area contributed by atoms with Crippen LogP contribution >= 0.6 is 0 Å². The first-order valence-corrected chi connectivity index (χ1v) is 12.8. The second kappa shape index (κ2) is 11.2. The van der Waals surface area contributed by atoms with E-state index in [4.69, 9.17) is 9.47 Å². The van der Waals surface area contributed by atoms with E-state index in [0.717, 1.165) is 56.9 Å². The van der Waals surface area contributed by atoms with Gasteiger partial charge in [0.15, 0.2) is 11.5 Å². The van der Waals surface area contributed by atoms with E-state index in [-0.39, 0.29) is 30.4 Å². The Morgan fingerprint density at radius 3 is 1.89 bits per heavy atom. The van der Waals surface area contributed by atoms with Crippen LogP contribution in [-0.2, 0) is 6.61 Å². The Balaban J connectivity index is 1.23. The van der Waals surface area contributed by atoms with Crippen LogP contribution in [0.2, 0.25) is 0 Å². The molecule has 0 amide bonds. The summed E-state index contributed by atoms with van der Waals surface area (Å²) in [6.45, 7) is 1.20. The third-order valence-electron chi connectivity index (χ3n) is 8.05. The van der Waals surface area contributed by atoms with Gasteiger partial charge in [-0.15, -0.1) is 0 Å². The first-order chi connectivity index (χ1) is 16.7. The molecule has 0 saturated heterocycles. The summed E-state index contributed by atoms with van der Waals surface area (Å²) in [4.78, 5) is 0. The Bertz CT molecular complexity index is 954. The van der Waals surface area contributed by atoms with Crippen LogP contribution in [0, 0.1) is 29.4 Å². The Kier molecular flexibility index (Phi) is 8.28. The Labute approximate surface area is 206 Å². The number of hydrogen-bond donors (Lipinski definition) is 0. The average Bonchev–Trinajstić information content (AvgIpc) is 2.85. The van der Waals surface area contributed by atoms with Gasteiger partial charge in [0.1, 0.15) is 6.61 Å². The van der Waals surface area contributed by atoms with Crippen LogP contribution in [-0.4, -0.2) is 13.0 Å². The lowest BCUT2D eigenvalue weighted by Crippen LogP contribution is -2.27. The number of ether oxygens (including phenoxy) is 2. The molecule has 2 fully saturated rings. The summed E-state index contributed by atoms with van der Waals surface area (Å²) in [6, 6.07) is 10.9. The largest absolute Gasteiger partial charge is 0.494 e. The molecule has 2 nitrogen and oxygen atoms in total. The minimum atomic E-state index is -2.54. The van der Waals surface area contributed by atoms with Crippen molar-refractivity contribution in [3.8, 4) is 11.5 Å². The molecule has 4 rings (SSSR count). The van der Waals surface area contributed by atoms with Crippen molar-refractivity contribution in [2.75, 3.05) is 7.11 Å². The van der Waals surface area contributed by atoms with Gasteiger partial charge in [0, 0.05) is 6.42 Å². The minimum Gasteiger partial charge on any atom is -0.494 e. The lowest BCUT2D eigenvalue weighted by molar-refractivity contribution is -0.0130. The SMILES string of the molecule is COc1ccc(OCc2ccc(C3CCC(C4CCC(CC(C)(F)F)CC4)CC3)cc2)c(F)c1F. The molecule has 2 aliphatic rings. The highest BCUT2D eigenvalue weighted by Gasteiger charge is 2.34. The van der Waals surface area contributed by atoms with Crippen LogP contribution in [0.25, 0.3) is 0 Å². The highest BCUT2D eigenvalue weighted by Crippen LogP contribution is 2.45. The monoisotopic (exact) mass is 492 g/mol. The molecule has 0 bridgehead atoms. The summed E-state index contributed by atoms with van der Waals surface area (Å²) in [6.07, 6.45) is 8.86. The van der Waals surface area contributed by atoms with Gasteiger partial charge in [0.05, 0.1) is 7.11 Å². The Hall–Kier alpha value is -2.24. The minimum absolute atomic E-state index is 0.0411. The number of halogens is 4. The molecule has 0 aliphatic heterocycles. The van der Waals surface area contributed by atoms with E-state index in [1.807, 2.05) is 12.1 Å². The smallest absolute Gasteiger partial charge is 0.245 e. The number of benzene rings is 2. The standard InChI is InChI=1S/C29H36F4O2/c1-29(32,33)17-19-3-7-21(8-4-19)23-11-13-24(14-12-23)22-9-5-20(6-10-22)18-35-26-16-15-25(34-2)27(30)28(26)31/h5-6,9-10,15-16,19,21,23-24H,3-4,7-8,11-14,17-18H2,1-2H3. The molecule has 0 aromatic heterocycles. The van der Waals surface area contributed by atoms with Crippen molar-refractivity contribution in [1.29, 1.82) is 0 Å². The van der Waals surface area contributed by atoms with Gasteiger partial charge >= 0.3 is 0 Å². The van der Waals surface area contributed by atoms with Crippen molar-refractivity contribution in [2.45, 2.75) is 83.2 Å². The lowest BCUT2D eigenvalue weighted by Gasteiger charge is -2.38. The molecule has 2 aliphatic carbocycles. The predicted octanol–water partition coefficient (Wildman–Crippen LogP) is 8.68. The van der Waals surface area contributed by atoms with Crippen molar-refractivity contribution in [2.24, 2.45) is 17.8 Å². The second-order valence-electron chi connectivity index (χ2n) is 10.6. The summed E-state index contributed by atoms with van der Waals surface area (Å²) in [5.74, 6) is -2.79. The third kappa shape index (κ3) is 6.71. The molecule has 0 unspecified atom stereocenters. The molecule has 0 atom stereocenters. The van der Waals surface area contributed by atoms with E-state index in [0.29, 0.717) is 11.8 Å². The zero-order chi connectivity index (χ0) is 25.0. The van der Waals surface area contributed by atoms with Crippen LogP contribution in [0.4, 0.5) is 17.6 Å². The van der Waals surface area contributed by atoms with E-state index in [1.165, 1.54) is 37.6 Å². The van der Waals surface area contributed by atoms with Crippen molar-refractivity contribution < 1.29 is 27.0 Å². The maximum Gasteiger partial charge on any atom is 0.245 e. The number of alkyl halides is 2. The Morgan fingerprint density at radius 1 is 0.771 bits per heavy atom. The van der Waals surface area contributed by atoms with E-state index >= 15 is 0 Å². The van der Waals surface area contributed by atoms with Crippen LogP contribution < -0.4 is 9.47 Å². The molecule has 0 spiro atoms. The van der Waals surface area contributed by atoms with Gasteiger partial charge < -0.3 is 9.47 Å². The van der Waals surface area contributed by atoms with Crippen molar-refractivity contribution >= 4 is 0 Å². The average molecular weight is 493 g/mol. The first-order valence-electron chi connectivity index (χ1n) is 12.8. The molecule has 35 heavy (non-hydrogen) atoms. The summed E-state index contributed by atoms with van der Waals surface area (Å²) in [7, 11) is 1.29. The second-order valence-corrected chi connectivity index (χ2v) is 10.6. The van der Waals surface area contributed by atoms with E-state index < -0.39 is 17.6 Å². The summed E-state index contributed by atoms with van der Waals surface area (Å²) in [5.41, 5.74) is 2.20. The fourth-order valence-corrected chi connectivity index (χ4v) is 6.12. The maximum absolute atomic E-state index is 14.1. The third-order valence-corrected chi connectivity index (χ3v) is 8.05. The highest BCUT2D eigenvalue weighted by atomic mass is 19.3. The van der Waals surface area contributed by atoms with Gasteiger partial charge in [-0.05, 0) is 105 Å². The van der Waals surface area contributed by atoms with Crippen molar-refractivity contribution in [3.05, 3.63) is 59.2 Å². The number of rotatable bonds is 8. The lowest BCUT2D eigenvalue weighted by atomic mass is 9.68. The number of methoxy groups -OCH3 is 1. The molecule has 0 N–H and O–H groups in total.